The second-order valence-electron chi connectivity index (χ2n) is 5.92. The van der Waals surface area contributed by atoms with Crippen molar-refractivity contribution in [3.05, 3.63) is 58.5 Å². The van der Waals surface area contributed by atoms with E-state index in [0.717, 1.165) is 31.7 Å². The molecule has 1 amide bonds. The van der Waals surface area contributed by atoms with Crippen LogP contribution in [-0.2, 0) is 0 Å². The summed E-state index contributed by atoms with van der Waals surface area (Å²) in [6, 6.07) is 10.3. The molecule has 23 heavy (non-hydrogen) atoms. The Morgan fingerprint density at radius 1 is 1.13 bits per heavy atom. The van der Waals surface area contributed by atoms with E-state index in [-0.39, 0.29) is 28.8 Å². The molecule has 0 atom stereocenters. The minimum absolute atomic E-state index is 0.124. The van der Waals surface area contributed by atoms with Crippen molar-refractivity contribution in [2.45, 2.75) is 38.1 Å². The number of nitrogens with zero attached hydrogens (tertiary/aromatic N) is 1. The number of rotatable bonds is 3. The fourth-order valence-corrected chi connectivity index (χ4v) is 3.00. The molecule has 0 saturated heterocycles. The van der Waals surface area contributed by atoms with Gasteiger partial charge in [-0.25, -0.2) is 0 Å². The highest BCUT2D eigenvalue weighted by Crippen LogP contribution is 2.20. The normalized spacial score (nSPS) is 15.3. The lowest BCUT2D eigenvalue weighted by Gasteiger charge is -2.23. The predicted octanol–water partition coefficient (Wildman–Crippen LogP) is 2.61. The molecule has 1 saturated carbocycles. The van der Waals surface area contributed by atoms with Crippen LogP contribution in [0.1, 0.15) is 42.5 Å². The van der Waals surface area contributed by atoms with Crippen molar-refractivity contribution in [1.82, 2.24) is 9.88 Å². The van der Waals surface area contributed by atoms with Gasteiger partial charge in [-0.2, -0.15) is 0 Å². The summed E-state index contributed by atoms with van der Waals surface area (Å²) in [7, 11) is 0. The first kappa shape index (κ1) is 15.3. The van der Waals surface area contributed by atoms with Gasteiger partial charge >= 0.3 is 0 Å². The molecule has 120 valence electrons. The second-order valence-corrected chi connectivity index (χ2v) is 5.92. The Balaban J connectivity index is 1.89. The number of hydrogen-bond donors (Lipinski definition) is 2. The zero-order valence-corrected chi connectivity index (χ0v) is 12.9. The molecule has 0 spiro atoms. The standard InChI is InChI=1S/C18H20N2O3/c21-16-11-17(22)20(14-9-5-2-6-10-14)12-15(16)18(23)19-13-7-3-1-4-8-13/h2,5-6,9-13,21H,1,3-4,7-8H2,(H,19,23). The van der Waals surface area contributed by atoms with Gasteiger partial charge in [-0.1, -0.05) is 37.5 Å². The fraction of sp³-hybridized carbons (Fsp3) is 0.333. The van der Waals surface area contributed by atoms with E-state index in [1.54, 1.807) is 12.1 Å². The zero-order valence-electron chi connectivity index (χ0n) is 12.9. The van der Waals surface area contributed by atoms with Crippen LogP contribution < -0.4 is 10.9 Å². The van der Waals surface area contributed by atoms with Crippen molar-refractivity contribution < 1.29 is 9.90 Å². The maximum Gasteiger partial charge on any atom is 0.258 e. The molecule has 5 heteroatoms. The van der Waals surface area contributed by atoms with E-state index in [4.69, 9.17) is 0 Å². The van der Waals surface area contributed by atoms with Gasteiger partial charge in [0.25, 0.3) is 11.5 Å². The van der Waals surface area contributed by atoms with Crippen molar-refractivity contribution in [1.29, 1.82) is 0 Å². The van der Waals surface area contributed by atoms with Crippen LogP contribution in [0, 0.1) is 0 Å². The summed E-state index contributed by atoms with van der Waals surface area (Å²) in [5, 5.41) is 12.9. The average Bonchev–Trinajstić information content (AvgIpc) is 2.56. The number of aromatic hydroxyl groups is 1. The van der Waals surface area contributed by atoms with Crippen LogP contribution in [0.15, 0.2) is 47.4 Å². The molecule has 0 radical (unpaired) electrons. The lowest BCUT2D eigenvalue weighted by molar-refractivity contribution is 0.0924. The third kappa shape index (κ3) is 3.44. The first-order valence-electron chi connectivity index (χ1n) is 7.97. The Bertz CT molecular complexity index is 747. The highest BCUT2D eigenvalue weighted by atomic mass is 16.3. The molecule has 1 heterocycles. The molecule has 1 aliphatic rings. The van der Waals surface area contributed by atoms with E-state index >= 15 is 0 Å². The summed E-state index contributed by atoms with van der Waals surface area (Å²) < 4.78 is 1.37. The molecule has 0 unspecified atom stereocenters. The van der Waals surface area contributed by atoms with Gasteiger partial charge in [-0.3, -0.25) is 14.2 Å². The largest absolute Gasteiger partial charge is 0.507 e. The summed E-state index contributed by atoms with van der Waals surface area (Å²) in [6.45, 7) is 0. The lowest BCUT2D eigenvalue weighted by Crippen LogP contribution is -2.36. The number of nitrogens with one attached hydrogen (secondary N) is 1. The maximum absolute atomic E-state index is 12.4. The van der Waals surface area contributed by atoms with Gasteiger partial charge in [0.1, 0.15) is 5.75 Å². The third-order valence-corrected chi connectivity index (χ3v) is 4.25. The molecule has 2 aromatic rings. The molecule has 1 aromatic carbocycles. The molecule has 5 nitrogen and oxygen atoms in total. The quantitative estimate of drug-likeness (QED) is 0.915. The van der Waals surface area contributed by atoms with Gasteiger partial charge in [-0.15, -0.1) is 0 Å². The third-order valence-electron chi connectivity index (χ3n) is 4.25. The van der Waals surface area contributed by atoms with Crippen molar-refractivity contribution in [2.75, 3.05) is 0 Å². The van der Waals surface area contributed by atoms with Crippen LogP contribution in [0.3, 0.4) is 0 Å². The number of hydrogen-bond acceptors (Lipinski definition) is 3. The van der Waals surface area contributed by atoms with Crippen LogP contribution in [-0.4, -0.2) is 21.6 Å². The highest BCUT2D eigenvalue weighted by Gasteiger charge is 2.20. The van der Waals surface area contributed by atoms with Crippen LogP contribution in [0.5, 0.6) is 5.75 Å². The van der Waals surface area contributed by atoms with Crippen molar-refractivity contribution in [3.8, 4) is 11.4 Å². The summed E-state index contributed by atoms with van der Waals surface area (Å²) in [5.41, 5.74) is 0.408. The smallest absolute Gasteiger partial charge is 0.258 e. The molecule has 1 aliphatic carbocycles. The van der Waals surface area contributed by atoms with E-state index in [0.29, 0.717) is 5.69 Å². The van der Waals surface area contributed by atoms with E-state index in [1.807, 2.05) is 18.2 Å². The predicted molar refractivity (Wildman–Crippen MR) is 88.0 cm³/mol. The first-order valence-corrected chi connectivity index (χ1v) is 7.97. The topological polar surface area (TPSA) is 71.3 Å². The summed E-state index contributed by atoms with van der Waals surface area (Å²) >= 11 is 0. The molecule has 2 N–H and O–H groups in total. The van der Waals surface area contributed by atoms with Gasteiger partial charge in [0.2, 0.25) is 0 Å². The Morgan fingerprint density at radius 3 is 2.52 bits per heavy atom. The fourth-order valence-electron chi connectivity index (χ4n) is 3.00. The Labute approximate surface area is 134 Å². The molecule has 1 fully saturated rings. The van der Waals surface area contributed by atoms with Crippen LogP contribution in [0.2, 0.25) is 0 Å². The monoisotopic (exact) mass is 312 g/mol. The van der Waals surface area contributed by atoms with Crippen molar-refractivity contribution in [3.63, 3.8) is 0 Å². The molecular weight excluding hydrogens is 292 g/mol. The van der Waals surface area contributed by atoms with Gasteiger partial charge in [0.15, 0.2) is 0 Å². The average molecular weight is 312 g/mol. The van der Waals surface area contributed by atoms with Gasteiger partial charge in [0, 0.05) is 24.0 Å². The number of pyridine rings is 1. The van der Waals surface area contributed by atoms with Crippen molar-refractivity contribution in [2.24, 2.45) is 0 Å². The number of benzene rings is 1. The van der Waals surface area contributed by atoms with E-state index in [2.05, 4.69) is 5.32 Å². The summed E-state index contributed by atoms with van der Waals surface area (Å²) in [6.07, 6.45) is 6.76. The zero-order chi connectivity index (χ0) is 16.2. The summed E-state index contributed by atoms with van der Waals surface area (Å²) in [4.78, 5) is 24.5. The SMILES string of the molecule is O=C(NC1CCCCC1)c1cn(-c2ccccc2)c(=O)cc1O. The minimum atomic E-state index is -0.372. The number of amides is 1. The molecule has 0 bridgehead atoms. The number of carbonyl (C=O) groups excluding carboxylic acids is 1. The maximum atomic E-state index is 12.4. The number of carbonyl (C=O) groups is 1. The molecule has 1 aromatic heterocycles. The molecular formula is C18H20N2O3. The van der Waals surface area contributed by atoms with E-state index in [1.165, 1.54) is 17.2 Å². The lowest BCUT2D eigenvalue weighted by atomic mass is 9.95. The Kier molecular flexibility index (Phi) is 4.46. The minimum Gasteiger partial charge on any atom is -0.507 e. The molecule has 0 aliphatic heterocycles. The second kappa shape index (κ2) is 6.69. The Hall–Kier alpha value is -2.56. The van der Waals surface area contributed by atoms with Gasteiger partial charge < -0.3 is 10.4 Å². The highest BCUT2D eigenvalue weighted by molar-refractivity contribution is 5.96. The van der Waals surface area contributed by atoms with Crippen LogP contribution in [0.4, 0.5) is 0 Å². The Morgan fingerprint density at radius 2 is 1.83 bits per heavy atom. The van der Waals surface area contributed by atoms with Crippen LogP contribution in [0.25, 0.3) is 5.69 Å². The van der Waals surface area contributed by atoms with Gasteiger partial charge in [0.05, 0.1) is 5.56 Å². The van der Waals surface area contributed by atoms with E-state index in [9.17, 15) is 14.7 Å². The van der Waals surface area contributed by atoms with Crippen molar-refractivity contribution >= 4 is 5.91 Å². The first-order chi connectivity index (χ1) is 11.1. The van der Waals surface area contributed by atoms with Crippen LogP contribution >= 0.6 is 0 Å². The molecule has 3 rings (SSSR count). The van der Waals surface area contributed by atoms with Gasteiger partial charge in [-0.05, 0) is 25.0 Å². The summed E-state index contributed by atoms with van der Waals surface area (Å²) in [5.74, 6) is -0.616. The number of para-hydroxylation sites is 1. The van der Waals surface area contributed by atoms with E-state index < -0.39 is 0 Å². The number of aromatic nitrogens is 1.